The van der Waals surface area contributed by atoms with Gasteiger partial charge in [-0.05, 0) is 39.2 Å². The van der Waals surface area contributed by atoms with E-state index in [2.05, 4.69) is 0 Å². The van der Waals surface area contributed by atoms with E-state index in [9.17, 15) is 9.90 Å². The van der Waals surface area contributed by atoms with Gasteiger partial charge in [-0.2, -0.15) is 0 Å². The van der Waals surface area contributed by atoms with Crippen LogP contribution >= 0.6 is 0 Å². The highest BCUT2D eigenvalue weighted by Crippen LogP contribution is 2.29. The Morgan fingerprint density at radius 1 is 1.48 bits per heavy atom. The molecule has 1 aromatic carbocycles. The van der Waals surface area contributed by atoms with Gasteiger partial charge in [-0.25, -0.2) is 0 Å². The number of carbonyl (C=O) groups excluding carboxylic acids is 1. The van der Waals surface area contributed by atoms with Gasteiger partial charge in [-0.1, -0.05) is 18.2 Å². The second-order valence-corrected chi connectivity index (χ2v) is 5.93. The monoisotopic (exact) mass is 287 g/mol. The zero-order valence-electron chi connectivity index (χ0n) is 12.5. The van der Waals surface area contributed by atoms with Crippen LogP contribution in [0.5, 0.6) is 0 Å². The molecule has 2 aromatic rings. The number of furan rings is 1. The van der Waals surface area contributed by atoms with Gasteiger partial charge in [0, 0.05) is 23.5 Å². The summed E-state index contributed by atoms with van der Waals surface area (Å²) in [6.45, 7) is 4.44. The second kappa shape index (κ2) is 5.53. The fraction of sp³-hybridized carbons (Fsp3) is 0.471. The lowest BCUT2D eigenvalue weighted by atomic mass is 10.1. The number of carbonyl (C=O) groups is 1. The second-order valence-electron chi connectivity index (χ2n) is 5.93. The van der Waals surface area contributed by atoms with E-state index in [1.165, 1.54) is 0 Å². The number of aliphatic hydroxyl groups excluding tert-OH is 1. The van der Waals surface area contributed by atoms with Crippen LogP contribution in [-0.4, -0.2) is 34.6 Å². The molecule has 112 valence electrons. The van der Waals surface area contributed by atoms with Crippen molar-refractivity contribution in [3.63, 3.8) is 0 Å². The van der Waals surface area contributed by atoms with Crippen molar-refractivity contribution >= 4 is 16.9 Å². The van der Waals surface area contributed by atoms with Crippen molar-refractivity contribution in [2.75, 3.05) is 6.54 Å². The molecule has 0 spiro atoms. The lowest BCUT2D eigenvalue weighted by molar-refractivity contribution is 0.0652. The third-order valence-electron chi connectivity index (χ3n) is 4.29. The van der Waals surface area contributed by atoms with Gasteiger partial charge in [-0.15, -0.1) is 0 Å². The summed E-state index contributed by atoms with van der Waals surface area (Å²) in [7, 11) is 0. The van der Waals surface area contributed by atoms with Gasteiger partial charge in [0.25, 0.3) is 5.91 Å². The Morgan fingerprint density at radius 3 is 2.95 bits per heavy atom. The lowest BCUT2D eigenvalue weighted by Gasteiger charge is -2.25. The Bertz CT molecular complexity index is 659. The first-order valence-corrected chi connectivity index (χ1v) is 7.55. The molecule has 4 heteroatoms. The summed E-state index contributed by atoms with van der Waals surface area (Å²) >= 11 is 0. The van der Waals surface area contributed by atoms with Crippen LogP contribution in [0.1, 0.15) is 42.3 Å². The number of rotatable bonds is 3. The van der Waals surface area contributed by atoms with Crippen LogP contribution in [0.15, 0.2) is 28.7 Å². The van der Waals surface area contributed by atoms with E-state index in [0.29, 0.717) is 12.2 Å². The number of likely N-dealkylation sites (tertiary alicyclic amines) is 1. The van der Waals surface area contributed by atoms with Crippen LogP contribution in [0, 0.1) is 6.92 Å². The Kier molecular flexibility index (Phi) is 3.72. The molecule has 1 aliphatic heterocycles. The molecule has 1 fully saturated rings. The van der Waals surface area contributed by atoms with Crippen molar-refractivity contribution in [3.8, 4) is 0 Å². The van der Waals surface area contributed by atoms with Crippen LogP contribution in [0.2, 0.25) is 0 Å². The average molecular weight is 287 g/mol. The van der Waals surface area contributed by atoms with E-state index >= 15 is 0 Å². The Hall–Kier alpha value is -1.81. The van der Waals surface area contributed by atoms with Gasteiger partial charge in [-0.3, -0.25) is 4.79 Å². The summed E-state index contributed by atoms with van der Waals surface area (Å²) in [6, 6.07) is 7.83. The minimum Gasteiger partial charge on any atom is -0.451 e. The maximum Gasteiger partial charge on any atom is 0.290 e. The van der Waals surface area contributed by atoms with Gasteiger partial charge >= 0.3 is 0 Å². The maximum absolute atomic E-state index is 12.8. The molecule has 1 saturated heterocycles. The number of fused-ring (bicyclic) bond motifs is 1. The van der Waals surface area contributed by atoms with E-state index in [0.717, 1.165) is 35.9 Å². The molecule has 1 N–H and O–H groups in total. The minimum atomic E-state index is -0.389. The smallest absolute Gasteiger partial charge is 0.290 e. The molecule has 1 aromatic heterocycles. The zero-order valence-corrected chi connectivity index (χ0v) is 12.5. The Labute approximate surface area is 124 Å². The molecule has 0 saturated carbocycles. The average Bonchev–Trinajstić information content (AvgIpc) is 3.03. The molecule has 2 atom stereocenters. The summed E-state index contributed by atoms with van der Waals surface area (Å²) < 4.78 is 5.77. The first kappa shape index (κ1) is 14.1. The Morgan fingerprint density at radius 2 is 2.24 bits per heavy atom. The third kappa shape index (κ3) is 2.56. The number of nitrogens with zero attached hydrogens (tertiary/aromatic N) is 1. The minimum absolute atomic E-state index is 0.0492. The summed E-state index contributed by atoms with van der Waals surface area (Å²) in [5, 5.41) is 10.6. The van der Waals surface area contributed by atoms with E-state index in [1.807, 2.05) is 36.1 Å². The van der Waals surface area contributed by atoms with Gasteiger partial charge in [0.1, 0.15) is 5.58 Å². The summed E-state index contributed by atoms with van der Waals surface area (Å²) in [5.41, 5.74) is 1.66. The van der Waals surface area contributed by atoms with E-state index < -0.39 is 0 Å². The molecular formula is C17H21NO3. The number of aryl methyl sites for hydroxylation is 1. The molecule has 0 bridgehead atoms. The number of aliphatic hydroxyl groups is 1. The van der Waals surface area contributed by atoms with Crippen molar-refractivity contribution in [1.29, 1.82) is 0 Å². The molecule has 3 rings (SSSR count). The SMILES string of the molecule is Cc1c(C(=O)N2CCCC2CC(C)O)oc2ccccc12. The molecular weight excluding hydrogens is 266 g/mol. The topological polar surface area (TPSA) is 53.7 Å². The number of para-hydroxylation sites is 1. The van der Waals surface area contributed by atoms with Crippen LogP contribution in [0.3, 0.4) is 0 Å². The predicted molar refractivity (Wildman–Crippen MR) is 81.3 cm³/mol. The molecule has 2 heterocycles. The number of benzene rings is 1. The highest BCUT2D eigenvalue weighted by atomic mass is 16.3. The molecule has 0 radical (unpaired) electrons. The first-order valence-electron chi connectivity index (χ1n) is 7.55. The van der Waals surface area contributed by atoms with Gasteiger partial charge in [0.15, 0.2) is 5.76 Å². The van der Waals surface area contributed by atoms with Crippen molar-refractivity contribution < 1.29 is 14.3 Å². The summed E-state index contributed by atoms with van der Waals surface area (Å²) in [6.07, 6.45) is 2.18. The molecule has 1 aliphatic rings. The fourth-order valence-corrected chi connectivity index (χ4v) is 3.25. The number of amides is 1. The van der Waals surface area contributed by atoms with Crippen molar-refractivity contribution in [3.05, 3.63) is 35.6 Å². The van der Waals surface area contributed by atoms with Crippen molar-refractivity contribution in [1.82, 2.24) is 4.90 Å². The standard InChI is InChI=1S/C17H21NO3/c1-11(19)10-13-6-5-9-18(13)17(20)16-12(2)14-7-3-4-8-15(14)21-16/h3-4,7-8,11,13,19H,5-6,9-10H2,1-2H3. The van der Waals surface area contributed by atoms with Crippen LogP contribution in [0.25, 0.3) is 11.0 Å². The highest BCUT2D eigenvalue weighted by Gasteiger charge is 2.32. The lowest BCUT2D eigenvalue weighted by Crippen LogP contribution is -2.37. The fourth-order valence-electron chi connectivity index (χ4n) is 3.25. The van der Waals surface area contributed by atoms with Gasteiger partial charge in [0.05, 0.1) is 6.10 Å². The number of hydrogen-bond acceptors (Lipinski definition) is 3. The van der Waals surface area contributed by atoms with E-state index in [1.54, 1.807) is 6.92 Å². The van der Waals surface area contributed by atoms with Gasteiger partial charge < -0.3 is 14.4 Å². The molecule has 2 unspecified atom stereocenters. The maximum atomic E-state index is 12.8. The molecule has 0 aliphatic carbocycles. The first-order chi connectivity index (χ1) is 10.1. The van der Waals surface area contributed by atoms with Crippen molar-refractivity contribution in [2.45, 2.75) is 45.3 Å². The van der Waals surface area contributed by atoms with Crippen LogP contribution in [0.4, 0.5) is 0 Å². The molecule has 21 heavy (non-hydrogen) atoms. The number of hydrogen-bond donors (Lipinski definition) is 1. The van der Waals surface area contributed by atoms with E-state index in [-0.39, 0.29) is 18.1 Å². The Balaban J connectivity index is 1.91. The normalized spacial score (nSPS) is 20.1. The van der Waals surface area contributed by atoms with Crippen LogP contribution in [-0.2, 0) is 0 Å². The molecule has 1 amide bonds. The summed E-state index contributed by atoms with van der Waals surface area (Å²) in [4.78, 5) is 14.6. The van der Waals surface area contributed by atoms with Gasteiger partial charge in [0.2, 0.25) is 0 Å². The highest BCUT2D eigenvalue weighted by molar-refractivity contribution is 5.99. The predicted octanol–water partition coefficient (Wildman–Crippen LogP) is 3.12. The van der Waals surface area contributed by atoms with E-state index in [4.69, 9.17) is 4.42 Å². The molecule has 4 nitrogen and oxygen atoms in total. The largest absolute Gasteiger partial charge is 0.451 e. The summed E-state index contributed by atoms with van der Waals surface area (Å²) in [5.74, 6) is 0.389. The third-order valence-corrected chi connectivity index (χ3v) is 4.29. The van der Waals surface area contributed by atoms with Crippen molar-refractivity contribution in [2.24, 2.45) is 0 Å². The van der Waals surface area contributed by atoms with Crippen LogP contribution < -0.4 is 0 Å². The quantitative estimate of drug-likeness (QED) is 0.943. The zero-order chi connectivity index (χ0) is 15.0.